The third-order valence-corrected chi connectivity index (χ3v) is 7.98. The molecule has 0 saturated carbocycles. The summed E-state index contributed by atoms with van der Waals surface area (Å²) in [6, 6.07) is -6.11. The van der Waals surface area contributed by atoms with Crippen LogP contribution in [-0.4, -0.2) is 103 Å². The van der Waals surface area contributed by atoms with Gasteiger partial charge in [-0.2, -0.15) is 0 Å². The zero-order valence-corrected chi connectivity index (χ0v) is 34.1. The molecule has 0 spiro atoms. The minimum absolute atomic E-state index is 0.0446. The fourth-order valence-corrected chi connectivity index (χ4v) is 5.44. The molecule has 314 valence electrons. The summed E-state index contributed by atoms with van der Waals surface area (Å²) >= 11 is 0. The van der Waals surface area contributed by atoms with E-state index in [1.807, 2.05) is 48.5 Å². The number of carbonyl (C=O) groups is 7. The number of rotatable bonds is 25. The number of nitrogens with one attached hydrogen (secondary N) is 6. The van der Waals surface area contributed by atoms with Crippen LogP contribution in [0.15, 0.2) is 9.98 Å². The summed E-state index contributed by atoms with van der Waals surface area (Å²) in [5.74, 6) is -3.80. The average molecular weight is 781 g/mol. The lowest BCUT2D eigenvalue weighted by molar-refractivity contribution is -0.136. The van der Waals surface area contributed by atoms with E-state index in [-0.39, 0.29) is 68.9 Å². The summed E-state index contributed by atoms with van der Waals surface area (Å²) < 4.78 is 0. The van der Waals surface area contributed by atoms with Gasteiger partial charge in [-0.05, 0) is 69.1 Å². The number of hydrogen-bond donors (Lipinski definition) is 10. The molecule has 19 heteroatoms. The molecule has 0 rings (SSSR count). The molecule has 6 amide bonds. The zero-order valence-electron chi connectivity index (χ0n) is 34.1. The van der Waals surface area contributed by atoms with Gasteiger partial charge in [0.1, 0.15) is 36.5 Å². The molecule has 0 fully saturated rings. The predicted octanol–water partition coefficient (Wildman–Crippen LogP) is -1.23. The molecule has 0 aliphatic heterocycles. The molecule has 0 aromatic carbocycles. The highest BCUT2D eigenvalue weighted by Gasteiger charge is 2.34. The van der Waals surface area contributed by atoms with Crippen LogP contribution in [0.1, 0.15) is 107 Å². The van der Waals surface area contributed by atoms with Crippen LogP contribution in [0.3, 0.4) is 0 Å². The van der Waals surface area contributed by atoms with Gasteiger partial charge in [-0.3, -0.25) is 38.8 Å². The van der Waals surface area contributed by atoms with Crippen LogP contribution < -0.4 is 54.8 Å². The van der Waals surface area contributed by atoms with Crippen molar-refractivity contribution in [1.29, 1.82) is 0 Å². The molecular formula is C36H68N12O7. The Hall–Kier alpha value is -4.97. The van der Waals surface area contributed by atoms with Crippen LogP contribution in [0.5, 0.6) is 0 Å². The summed E-state index contributed by atoms with van der Waals surface area (Å²) in [5.41, 5.74) is 20.9. The van der Waals surface area contributed by atoms with E-state index in [0.717, 1.165) is 0 Å². The van der Waals surface area contributed by atoms with Crippen molar-refractivity contribution in [3.05, 3.63) is 0 Å². The Balaban J connectivity index is 6.04. The normalized spacial score (nSPS) is 14.5. The van der Waals surface area contributed by atoms with E-state index in [2.05, 4.69) is 41.9 Å². The van der Waals surface area contributed by atoms with Crippen LogP contribution in [-0.2, 0) is 33.6 Å². The number of aldehydes is 1. The lowest BCUT2D eigenvalue weighted by Gasteiger charge is -2.30. The molecule has 0 aliphatic carbocycles. The van der Waals surface area contributed by atoms with Gasteiger partial charge in [0.2, 0.25) is 35.4 Å². The minimum Gasteiger partial charge on any atom is -0.370 e. The number of nitrogens with zero attached hydrogens (tertiary/aromatic N) is 2. The van der Waals surface area contributed by atoms with Gasteiger partial charge in [-0.15, -0.1) is 0 Å². The number of guanidine groups is 2. The Morgan fingerprint density at radius 2 is 1.00 bits per heavy atom. The Bertz CT molecular complexity index is 1340. The van der Waals surface area contributed by atoms with Crippen LogP contribution >= 0.6 is 0 Å². The third kappa shape index (κ3) is 23.4. The largest absolute Gasteiger partial charge is 0.370 e. The van der Waals surface area contributed by atoms with Gasteiger partial charge in [0.15, 0.2) is 11.9 Å². The van der Waals surface area contributed by atoms with Crippen molar-refractivity contribution in [3.63, 3.8) is 0 Å². The van der Waals surface area contributed by atoms with Crippen molar-refractivity contribution in [2.75, 3.05) is 13.1 Å². The maximum atomic E-state index is 13.9. The summed E-state index contributed by atoms with van der Waals surface area (Å²) in [7, 11) is 0. The van der Waals surface area contributed by atoms with Gasteiger partial charge in [-0.25, -0.2) is 0 Å². The van der Waals surface area contributed by atoms with Crippen molar-refractivity contribution in [2.24, 2.45) is 50.2 Å². The highest BCUT2D eigenvalue weighted by molar-refractivity contribution is 5.96. The third-order valence-electron chi connectivity index (χ3n) is 7.98. The molecule has 0 aromatic heterocycles. The lowest BCUT2D eigenvalue weighted by Crippen LogP contribution is -2.59. The first-order valence-electron chi connectivity index (χ1n) is 18.8. The highest BCUT2D eigenvalue weighted by Crippen LogP contribution is 2.22. The van der Waals surface area contributed by atoms with Gasteiger partial charge in [0.25, 0.3) is 0 Å². The van der Waals surface area contributed by atoms with Crippen molar-refractivity contribution in [2.45, 2.75) is 144 Å². The Labute approximate surface area is 325 Å². The summed E-state index contributed by atoms with van der Waals surface area (Å²) in [6.45, 7) is 16.4. The van der Waals surface area contributed by atoms with E-state index in [9.17, 15) is 33.6 Å². The van der Waals surface area contributed by atoms with Crippen LogP contribution in [0, 0.1) is 17.3 Å². The van der Waals surface area contributed by atoms with E-state index in [0.29, 0.717) is 19.1 Å². The quantitative estimate of drug-likeness (QED) is 0.0226. The van der Waals surface area contributed by atoms with Crippen molar-refractivity contribution in [3.8, 4) is 0 Å². The minimum atomic E-state index is -1.11. The Kier molecular flexibility index (Phi) is 22.9. The molecule has 0 unspecified atom stereocenters. The van der Waals surface area contributed by atoms with Gasteiger partial charge in [0, 0.05) is 20.0 Å². The SMILES string of the molecule is CC(=O)N[C@@H](CCCN=C(N)N)C(=O)N[C@@H](CC(C)C)C(=O)N[C@@H](CC(C)(C)C)C(=O)N[C@@H](CC(C)C)C(=O)N[C@@H](C)C(=O)N[C@H](C=O)CCCN=C(N)N. The first-order valence-corrected chi connectivity index (χ1v) is 18.8. The Morgan fingerprint density at radius 1 is 0.582 bits per heavy atom. The van der Waals surface area contributed by atoms with E-state index >= 15 is 0 Å². The van der Waals surface area contributed by atoms with Crippen molar-refractivity contribution in [1.82, 2.24) is 31.9 Å². The lowest BCUT2D eigenvalue weighted by atomic mass is 9.87. The topological polar surface area (TPSA) is 320 Å². The standard InChI is InChI=1S/C36H68N12O7/c1-20(2)16-26(31(53)43-22(5)29(51)45-24(19-49)12-10-14-41-34(37)38)47-33(55)28(18-36(7,8)9)48-32(54)27(17-21(3)4)46-30(52)25(44-23(6)50)13-11-15-42-35(39)40/h19-22,24-28H,10-18H2,1-9H3,(H,43,53)(H,44,50)(H,45,51)(H,46,52)(H,47,55)(H,48,54)(H4,37,38,41)(H4,39,40,42)/t22-,24-,25-,26-,27-,28-/m0/s1. The molecule has 14 N–H and O–H groups in total. The fraction of sp³-hybridized carbons (Fsp3) is 0.750. The molecule has 0 aromatic rings. The van der Waals surface area contributed by atoms with Crippen LogP contribution in [0.25, 0.3) is 0 Å². The van der Waals surface area contributed by atoms with Gasteiger partial charge < -0.3 is 59.6 Å². The van der Waals surface area contributed by atoms with Crippen LogP contribution in [0.2, 0.25) is 0 Å². The van der Waals surface area contributed by atoms with Gasteiger partial charge >= 0.3 is 0 Å². The molecule has 0 heterocycles. The fourth-order valence-electron chi connectivity index (χ4n) is 5.44. The van der Waals surface area contributed by atoms with Gasteiger partial charge in [0.05, 0.1) is 6.04 Å². The number of amides is 6. The highest BCUT2D eigenvalue weighted by atomic mass is 16.2. The second-order valence-corrected chi connectivity index (χ2v) is 15.8. The molecule has 55 heavy (non-hydrogen) atoms. The molecule has 19 nitrogen and oxygen atoms in total. The zero-order chi connectivity index (χ0) is 42.5. The molecule has 0 radical (unpaired) electrons. The number of hydrogen-bond acceptors (Lipinski definition) is 9. The number of nitrogens with two attached hydrogens (primary N) is 4. The van der Waals surface area contributed by atoms with Gasteiger partial charge in [-0.1, -0.05) is 48.5 Å². The molecular weight excluding hydrogens is 712 g/mol. The second-order valence-electron chi connectivity index (χ2n) is 15.8. The molecule has 0 aliphatic rings. The number of aliphatic imine (C=N–C) groups is 2. The van der Waals surface area contributed by atoms with E-state index in [1.165, 1.54) is 13.8 Å². The monoisotopic (exact) mass is 781 g/mol. The van der Waals surface area contributed by atoms with E-state index in [1.54, 1.807) is 0 Å². The van der Waals surface area contributed by atoms with E-state index < -0.39 is 77.1 Å². The molecule has 0 saturated heterocycles. The van der Waals surface area contributed by atoms with Crippen molar-refractivity contribution >= 4 is 53.6 Å². The summed E-state index contributed by atoms with van der Waals surface area (Å²) in [4.78, 5) is 98.8. The van der Waals surface area contributed by atoms with Crippen molar-refractivity contribution < 1.29 is 33.6 Å². The number of carbonyl (C=O) groups excluding carboxylic acids is 7. The second kappa shape index (κ2) is 25.2. The predicted molar refractivity (Wildman–Crippen MR) is 212 cm³/mol. The Morgan fingerprint density at radius 3 is 1.42 bits per heavy atom. The maximum Gasteiger partial charge on any atom is 0.243 e. The van der Waals surface area contributed by atoms with Crippen LogP contribution in [0.4, 0.5) is 0 Å². The smallest absolute Gasteiger partial charge is 0.243 e. The average Bonchev–Trinajstić information content (AvgIpc) is 3.04. The summed E-state index contributed by atoms with van der Waals surface area (Å²) in [6.07, 6.45) is 2.48. The molecule has 0 bridgehead atoms. The van der Waals surface area contributed by atoms with E-state index in [4.69, 9.17) is 22.9 Å². The first-order chi connectivity index (χ1) is 25.4. The summed E-state index contributed by atoms with van der Waals surface area (Å²) in [5, 5.41) is 16.1. The first kappa shape index (κ1) is 50.0. The molecule has 6 atom stereocenters. The maximum absolute atomic E-state index is 13.9.